The summed E-state index contributed by atoms with van der Waals surface area (Å²) in [5.74, 6) is -0.424. The molecule has 112 valence electrons. The van der Waals surface area contributed by atoms with Gasteiger partial charge in [-0.3, -0.25) is 4.68 Å². The Kier molecular flexibility index (Phi) is 5.01. The van der Waals surface area contributed by atoms with Crippen LogP contribution >= 0.6 is 15.9 Å². The van der Waals surface area contributed by atoms with Crippen molar-refractivity contribution in [3.05, 3.63) is 46.2 Å². The van der Waals surface area contributed by atoms with E-state index in [0.29, 0.717) is 21.8 Å². The molecule has 0 bridgehead atoms. The maximum absolute atomic E-state index is 12.0. The third-order valence-corrected chi connectivity index (χ3v) is 4.19. The SMILES string of the molecule is CCC(C)n1ccc(COC(=O)c2cccc(N)c2Br)n1. The second-order valence-corrected chi connectivity index (χ2v) is 5.62. The predicted octanol–water partition coefficient (Wildman–Crippen LogP) is 3.56. The average Bonchev–Trinajstić information content (AvgIpc) is 2.95. The van der Waals surface area contributed by atoms with Gasteiger partial charge in [0.15, 0.2) is 0 Å². The summed E-state index contributed by atoms with van der Waals surface area (Å²) < 4.78 is 7.71. The van der Waals surface area contributed by atoms with Gasteiger partial charge in [0, 0.05) is 17.9 Å². The molecular formula is C15H18BrN3O2. The largest absolute Gasteiger partial charge is 0.455 e. The van der Waals surface area contributed by atoms with Crippen molar-refractivity contribution in [1.29, 1.82) is 0 Å². The van der Waals surface area contributed by atoms with Crippen LogP contribution in [0.5, 0.6) is 0 Å². The molecule has 1 unspecified atom stereocenters. The number of halogens is 1. The highest BCUT2D eigenvalue weighted by Gasteiger charge is 2.14. The van der Waals surface area contributed by atoms with Crippen molar-refractivity contribution in [2.24, 2.45) is 0 Å². The lowest BCUT2D eigenvalue weighted by atomic mass is 10.2. The van der Waals surface area contributed by atoms with Gasteiger partial charge in [-0.2, -0.15) is 5.10 Å². The molecule has 1 atom stereocenters. The molecule has 0 amide bonds. The lowest BCUT2D eigenvalue weighted by molar-refractivity contribution is 0.0465. The predicted molar refractivity (Wildman–Crippen MR) is 84.9 cm³/mol. The molecule has 2 N–H and O–H groups in total. The molecule has 2 aromatic rings. The van der Waals surface area contributed by atoms with Gasteiger partial charge in [-0.25, -0.2) is 4.79 Å². The molecule has 0 radical (unpaired) electrons. The molecule has 0 fully saturated rings. The van der Waals surface area contributed by atoms with Gasteiger partial charge < -0.3 is 10.5 Å². The van der Waals surface area contributed by atoms with Crippen LogP contribution in [0.25, 0.3) is 0 Å². The lowest BCUT2D eigenvalue weighted by Crippen LogP contribution is -2.09. The number of carbonyl (C=O) groups is 1. The fourth-order valence-electron chi connectivity index (χ4n) is 1.81. The third-order valence-electron chi connectivity index (χ3n) is 3.31. The van der Waals surface area contributed by atoms with E-state index in [1.807, 2.05) is 16.9 Å². The average molecular weight is 352 g/mol. The molecule has 0 aliphatic heterocycles. The van der Waals surface area contributed by atoms with Crippen LogP contribution in [0.15, 0.2) is 34.9 Å². The van der Waals surface area contributed by atoms with Crippen molar-refractivity contribution >= 4 is 27.6 Å². The number of nitrogens with zero attached hydrogens (tertiary/aromatic N) is 2. The van der Waals surface area contributed by atoms with Gasteiger partial charge in [0.1, 0.15) is 6.61 Å². The van der Waals surface area contributed by atoms with E-state index < -0.39 is 5.97 Å². The minimum absolute atomic E-state index is 0.142. The molecule has 0 saturated carbocycles. The number of ether oxygens (including phenoxy) is 1. The maximum atomic E-state index is 12.0. The van der Waals surface area contributed by atoms with Crippen LogP contribution in [0.3, 0.4) is 0 Å². The normalized spacial score (nSPS) is 12.1. The Labute approximate surface area is 132 Å². The number of aromatic nitrogens is 2. The van der Waals surface area contributed by atoms with Crippen molar-refractivity contribution in [1.82, 2.24) is 9.78 Å². The summed E-state index contributed by atoms with van der Waals surface area (Å²) >= 11 is 3.29. The fraction of sp³-hybridized carbons (Fsp3) is 0.333. The number of anilines is 1. The van der Waals surface area contributed by atoms with Crippen LogP contribution < -0.4 is 5.73 Å². The minimum atomic E-state index is -0.424. The number of nitrogens with two attached hydrogens (primary N) is 1. The first-order valence-electron chi connectivity index (χ1n) is 6.78. The van der Waals surface area contributed by atoms with Crippen LogP contribution in [0.4, 0.5) is 5.69 Å². The highest BCUT2D eigenvalue weighted by atomic mass is 79.9. The van der Waals surface area contributed by atoms with E-state index in [9.17, 15) is 4.79 Å². The number of carbonyl (C=O) groups excluding carboxylic acids is 1. The van der Waals surface area contributed by atoms with Crippen molar-refractivity contribution < 1.29 is 9.53 Å². The second kappa shape index (κ2) is 6.76. The van der Waals surface area contributed by atoms with Gasteiger partial charge in [0.2, 0.25) is 0 Å². The zero-order valence-electron chi connectivity index (χ0n) is 12.0. The lowest BCUT2D eigenvalue weighted by Gasteiger charge is -2.08. The molecular weight excluding hydrogens is 334 g/mol. The van der Waals surface area contributed by atoms with Gasteiger partial charge >= 0.3 is 5.97 Å². The number of nitrogen functional groups attached to an aromatic ring is 1. The Hall–Kier alpha value is -1.82. The van der Waals surface area contributed by atoms with Crippen LogP contribution in [0, 0.1) is 0 Å². The summed E-state index contributed by atoms with van der Waals surface area (Å²) in [6, 6.07) is 7.29. The summed E-state index contributed by atoms with van der Waals surface area (Å²) in [5.41, 5.74) is 7.39. The van der Waals surface area contributed by atoms with Crippen LogP contribution in [-0.4, -0.2) is 15.7 Å². The number of hydrogen-bond donors (Lipinski definition) is 1. The molecule has 1 heterocycles. The van der Waals surface area contributed by atoms with Crippen LogP contribution in [0.2, 0.25) is 0 Å². The maximum Gasteiger partial charge on any atom is 0.339 e. The molecule has 5 nitrogen and oxygen atoms in total. The van der Waals surface area contributed by atoms with E-state index in [2.05, 4.69) is 34.9 Å². The smallest absolute Gasteiger partial charge is 0.339 e. The molecule has 0 aliphatic carbocycles. The molecule has 21 heavy (non-hydrogen) atoms. The topological polar surface area (TPSA) is 70.1 Å². The molecule has 1 aromatic heterocycles. The van der Waals surface area contributed by atoms with Gasteiger partial charge in [0.25, 0.3) is 0 Å². The monoisotopic (exact) mass is 351 g/mol. The highest BCUT2D eigenvalue weighted by molar-refractivity contribution is 9.10. The summed E-state index contributed by atoms with van der Waals surface area (Å²) in [5, 5.41) is 4.39. The first-order chi connectivity index (χ1) is 10.0. The quantitative estimate of drug-likeness (QED) is 0.660. The van der Waals surface area contributed by atoms with E-state index in [-0.39, 0.29) is 6.61 Å². The summed E-state index contributed by atoms with van der Waals surface area (Å²) in [7, 11) is 0. The first-order valence-corrected chi connectivity index (χ1v) is 7.57. The third kappa shape index (κ3) is 3.64. The van der Waals surface area contributed by atoms with Crippen molar-refractivity contribution in [2.45, 2.75) is 32.9 Å². The fourth-order valence-corrected chi connectivity index (χ4v) is 2.24. The Bertz CT molecular complexity index is 640. The Balaban J connectivity index is 2.01. The Morgan fingerprint density at radius 2 is 2.24 bits per heavy atom. The van der Waals surface area contributed by atoms with Crippen LogP contribution in [-0.2, 0) is 11.3 Å². The standard InChI is InChI=1S/C15H18BrN3O2/c1-3-10(2)19-8-7-11(18-19)9-21-15(20)12-5-4-6-13(17)14(12)16/h4-8,10H,3,9,17H2,1-2H3. The van der Waals surface area contributed by atoms with Gasteiger partial charge in [-0.1, -0.05) is 13.0 Å². The van der Waals surface area contributed by atoms with Gasteiger partial charge in [-0.05, 0) is 47.5 Å². The molecule has 0 saturated heterocycles. The minimum Gasteiger partial charge on any atom is -0.455 e. The summed E-state index contributed by atoms with van der Waals surface area (Å²) in [6.45, 7) is 4.33. The van der Waals surface area contributed by atoms with Crippen LogP contribution in [0.1, 0.15) is 42.4 Å². The molecule has 2 rings (SSSR count). The van der Waals surface area contributed by atoms with E-state index in [1.165, 1.54) is 0 Å². The van der Waals surface area contributed by atoms with E-state index in [1.54, 1.807) is 18.2 Å². The molecule has 0 aliphatic rings. The number of esters is 1. The first kappa shape index (κ1) is 15.6. The number of benzene rings is 1. The number of hydrogen-bond acceptors (Lipinski definition) is 4. The van der Waals surface area contributed by atoms with E-state index >= 15 is 0 Å². The molecule has 1 aromatic carbocycles. The van der Waals surface area contributed by atoms with Crippen molar-refractivity contribution in [3.8, 4) is 0 Å². The second-order valence-electron chi connectivity index (χ2n) is 4.83. The highest BCUT2D eigenvalue weighted by Crippen LogP contribution is 2.24. The summed E-state index contributed by atoms with van der Waals surface area (Å²) in [6.07, 6.45) is 2.89. The van der Waals surface area contributed by atoms with E-state index in [0.717, 1.165) is 12.1 Å². The zero-order chi connectivity index (χ0) is 15.4. The Morgan fingerprint density at radius 3 is 2.95 bits per heavy atom. The van der Waals surface area contributed by atoms with Crippen molar-refractivity contribution in [2.75, 3.05) is 5.73 Å². The van der Waals surface area contributed by atoms with Gasteiger partial charge in [0.05, 0.1) is 15.7 Å². The molecule has 0 spiro atoms. The zero-order valence-corrected chi connectivity index (χ0v) is 13.6. The van der Waals surface area contributed by atoms with Gasteiger partial charge in [-0.15, -0.1) is 0 Å². The Morgan fingerprint density at radius 1 is 1.48 bits per heavy atom. The molecule has 6 heteroatoms. The summed E-state index contributed by atoms with van der Waals surface area (Å²) in [4.78, 5) is 12.0. The van der Waals surface area contributed by atoms with E-state index in [4.69, 9.17) is 10.5 Å². The van der Waals surface area contributed by atoms with Crippen molar-refractivity contribution in [3.63, 3.8) is 0 Å². The number of rotatable bonds is 5.